The molecule has 0 atom stereocenters. The SMILES string of the molecule is Nc1ccc(Br)cc1Nc1c(Cl)cc(F)cc1Br. The van der Waals surface area contributed by atoms with E-state index < -0.39 is 5.82 Å². The lowest BCUT2D eigenvalue weighted by Crippen LogP contribution is -1.98. The van der Waals surface area contributed by atoms with Crippen molar-refractivity contribution in [2.24, 2.45) is 0 Å². The molecule has 3 N–H and O–H groups in total. The summed E-state index contributed by atoms with van der Waals surface area (Å²) >= 11 is 12.6. The van der Waals surface area contributed by atoms with Gasteiger partial charge in [0.25, 0.3) is 0 Å². The highest BCUT2D eigenvalue weighted by molar-refractivity contribution is 9.10. The molecule has 0 heterocycles. The summed E-state index contributed by atoms with van der Waals surface area (Å²) in [4.78, 5) is 0. The summed E-state index contributed by atoms with van der Waals surface area (Å²) < 4.78 is 14.5. The van der Waals surface area contributed by atoms with Gasteiger partial charge >= 0.3 is 0 Å². The molecule has 0 fully saturated rings. The Labute approximate surface area is 126 Å². The van der Waals surface area contributed by atoms with Crippen molar-refractivity contribution in [2.45, 2.75) is 0 Å². The number of rotatable bonds is 2. The third kappa shape index (κ3) is 2.96. The van der Waals surface area contributed by atoms with Crippen LogP contribution in [0.25, 0.3) is 0 Å². The molecular formula is C12H8Br2ClFN2. The van der Waals surface area contributed by atoms with E-state index in [9.17, 15) is 4.39 Å². The number of hydrogen-bond acceptors (Lipinski definition) is 2. The standard InChI is InChI=1S/C12H8Br2ClFN2/c13-6-1-2-10(17)11(3-6)18-12-8(14)4-7(16)5-9(12)15/h1-5,18H,17H2. The van der Waals surface area contributed by atoms with Crippen LogP contribution in [0, 0.1) is 5.82 Å². The Balaban J connectivity index is 2.43. The summed E-state index contributed by atoms with van der Waals surface area (Å²) in [6.07, 6.45) is 0. The molecular weight excluding hydrogens is 386 g/mol. The molecule has 2 aromatic carbocycles. The quantitative estimate of drug-likeness (QED) is 0.676. The van der Waals surface area contributed by atoms with E-state index in [4.69, 9.17) is 17.3 Å². The maximum absolute atomic E-state index is 13.1. The van der Waals surface area contributed by atoms with E-state index in [1.165, 1.54) is 12.1 Å². The average molecular weight is 394 g/mol. The highest BCUT2D eigenvalue weighted by Crippen LogP contribution is 2.36. The summed E-state index contributed by atoms with van der Waals surface area (Å²) in [6, 6.07) is 7.99. The van der Waals surface area contributed by atoms with Gasteiger partial charge < -0.3 is 11.1 Å². The van der Waals surface area contributed by atoms with Crippen LogP contribution in [0.1, 0.15) is 0 Å². The molecule has 0 radical (unpaired) electrons. The van der Waals surface area contributed by atoms with Crippen LogP contribution in [0.15, 0.2) is 39.3 Å². The van der Waals surface area contributed by atoms with E-state index in [1.807, 2.05) is 12.1 Å². The summed E-state index contributed by atoms with van der Waals surface area (Å²) in [5, 5.41) is 3.36. The van der Waals surface area contributed by atoms with Gasteiger partial charge in [0.1, 0.15) is 5.82 Å². The zero-order valence-corrected chi connectivity index (χ0v) is 12.9. The molecule has 2 rings (SSSR count). The second-order valence-corrected chi connectivity index (χ2v) is 5.78. The molecule has 0 aliphatic heterocycles. The molecule has 0 spiro atoms. The Bertz CT molecular complexity index is 582. The van der Waals surface area contributed by atoms with Crippen LogP contribution in [-0.4, -0.2) is 0 Å². The van der Waals surface area contributed by atoms with Crippen molar-refractivity contribution in [3.8, 4) is 0 Å². The topological polar surface area (TPSA) is 38.0 Å². The predicted molar refractivity (Wildman–Crippen MR) is 80.9 cm³/mol. The Kier molecular flexibility index (Phi) is 4.14. The van der Waals surface area contributed by atoms with Gasteiger partial charge in [-0.1, -0.05) is 27.5 Å². The van der Waals surface area contributed by atoms with Crippen LogP contribution in [-0.2, 0) is 0 Å². The molecule has 6 heteroatoms. The molecule has 0 saturated heterocycles. The summed E-state index contributed by atoms with van der Waals surface area (Å²) in [5.74, 6) is -0.403. The number of anilines is 3. The van der Waals surface area contributed by atoms with Gasteiger partial charge in [-0.25, -0.2) is 4.39 Å². The van der Waals surface area contributed by atoms with Gasteiger partial charge in [-0.2, -0.15) is 0 Å². The van der Waals surface area contributed by atoms with Crippen LogP contribution < -0.4 is 11.1 Å². The Hall–Kier alpha value is -0.780. The second kappa shape index (κ2) is 5.47. The minimum atomic E-state index is -0.403. The number of halogens is 4. The first-order valence-corrected chi connectivity index (χ1v) is 6.90. The van der Waals surface area contributed by atoms with Crippen molar-refractivity contribution in [3.63, 3.8) is 0 Å². The Morgan fingerprint density at radius 3 is 2.56 bits per heavy atom. The largest absolute Gasteiger partial charge is 0.397 e. The van der Waals surface area contributed by atoms with Gasteiger partial charge in [-0.15, -0.1) is 0 Å². The minimum Gasteiger partial charge on any atom is -0.397 e. The lowest BCUT2D eigenvalue weighted by atomic mass is 10.2. The summed E-state index contributed by atoms with van der Waals surface area (Å²) in [7, 11) is 0. The maximum atomic E-state index is 13.1. The van der Waals surface area contributed by atoms with Crippen molar-refractivity contribution >= 4 is 60.5 Å². The minimum absolute atomic E-state index is 0.279. The van der Waals surface area contributed by atoms with Crippen LogP contribution >= 0.6 is 43.5 Å². The van der Waals surface area contributed by atoms with Crippen molar-refractivity contribution < 1.29 is 4.39 Å². The number of hydrogen-bond donors (Lipinski definition) is 2. The van der Waals surface area contributed by atoms with Crippen LogP contribution in [0.4, 0.5) is 21.5 Å². The fourth-order valence-corrected chi connectivity index (χ4v) is 2.69. The smallest absolute Gasteiger partial charge is 0.125 e. The van der Waals surface area contributed by atoms with Gasteiger partial charge in [0.2, 0.25) is 0 Å². The molecule has 0 unspecified atom stereocenters. The predicted octanol–water partition coefficient (Wildman–Crippen LogP) is 5.33. The second-order valence-electron chi connectivity index (χ2n) is 3.60. The fraction of sp³-hybridized carbons (Fsp3) is 0. The fourth-order valence-electron chi connectivity index (χ4n) is 1.43. The van der Waals surface area contributed by atoms with E-state index in [0.717, 1.165) is 4.47 Å². The van der Waals surface area contributed by atoms with Gasteiger partial charge in [0, 0.05) is 8.95 Å². The average Bonchev–Trinajstić information content (AvgIpc) is 2.28. The molecule has 94 valence electrons. The van der Waals surface area contributed by atoms with Crippen molar-refractivity contribution in [2.75, 3.05) is 11.1 Å². The molecule has 0 amide bonds. The van der Waals surface area contributed by atoms with E-state index in [1.54, 1.807) is 6.07 Å². The molecule has 2 aromatic rings. The first kappa shape index (κ1) is 13.6. The monoisotopic (exact) mass is 392 g/mol. The molecule has 2 nitrogen and oxygen atoms in total. The molecule has 0 bridgehead atoms. The van der Waals surface area contributed by atoms with Crippen LogP contribution in [0.2, 0.25) is 5.02 Å². The number of nitrogens with one attached hydrogen (secondary N) is 1. The van der Waals surface area contributed by atoms with Crippen LogP contribution in [0.3, 0.4) is 0 Å². The van der Waals surface area contributed by atoms with Gasteiger partial charge in [0.15, 0.2) is 0 Å². The van der Waals surface area contributed by atoms with Crippen molar-refractivity contribution in [1.29, 1.82) is 0 Å². The van der Waals surface area contributed by atoms with E-state index in [2.05, 4.69) is 37.2 Å². The summed E-state index contributed by atoms with van der Waals surface area (Å²) in [6.45, 7) is 0. The number of nitrogens with two attached hydrogens (primary N) is 1. The molecule has 0 aliphatic carbocycles. The first-order chi connectivity index (χ1) is 8.47. The molecule has 0 aliphatic rings. The van der Waals surface area contributed by atoms with E-state index >= 15 is 0 Å². The van der Waals surface area contributed by atoms with Crippen molar-refractivity contribution in [1.82, 2.24) is 0 Å². The van der Waals surface area contributed by atoms with E-state index in [-0.39, 0.29) is 5.02 Å². The highest BCUT2D eigenvalue weighted by atomic mass is 79.9. The van der Waals surface area contributed by atoms with Crippen LogP contribution in [0.5, 0.6) is 0 Å². The van der Waals surface area contributed by atoms with Gasteiger partial charge in [0.05, 0.1) is 22.1 Å². The Morgan fingerprint density at radius 1 is 1.17 bits per heavy atom. The van der Waals surface area contributed by atoms with Crippen molar-refractivity contribution in [3.05, 3.63) is 50.1 Å². The lowest BCUT2D eigenvalue weighted by molar-refractivity contribution is 0.627. The van der Waals surface area contributed by atoms with Gasteiger partial charge in [-0.05, 0) is 46.3 Å². The first-order valence-electron chi connectivity index (χ1n) is 4.94. The zero-order valence-electron chi connectivity index (χ0n) is 8.98. The molecule has 0 saturated carbocycles. The molecule has 18 heavy (non-hydrogen) atoms. The normalized spacial score (nSPS) is 10.4. The highest BCUT2D eigenvalue weighted by Gasteiger charge is 2.10. The summed E-state index contributed by atoms with van der Waals surface area (Å²) in [5.41, 5.74) is 7.69. The third-order valence-electron chi connectivity index (χ3n) is 2.28. The number of nitrogen functional groups attached to an aromatic ring is 1. The van der Waals surface area contributed by atoms with E-state index in [0.29, 0.717) is 21.5 Å². The Morgan fingerprint density at radius 2 is 1.89 bits per heavy atom. The zero-order chi connectivity index (χ0) is 13.3. The lowest BCUT2D eigenvalue weighted by Gasteiger charge is -2.13. The third-order valence-corrected chi connectivity index (χ3v) is 3.70. The molecule has 0 aromatic heterocycles. The maximum Gasteiger partial charge on any atom is 0.125 e. The van der Waals surface area contributed by atoms with Gasteiger partial charge in [-0.3, -0.25) is 0 Å². The number of benzene rings is 2.